The molecule has 2 aliphatic heterocycles. The van der Waals surface area contributed by atoms with E-state index >= 15 is 0 Å². The van der Waals surface area contributed by atoms with Gasteiger partial charge in [-0.15, -0.1) is 0 Å². The molecular weight excluding hydrogens is 360 g/mol. The molecule has 0 N–H and O–H groups in total. The Morgan fingerprint density at radius 2 is 1.65 bits per heavy atom. The van der Waals surface area contributed by atoms with Gasteiger partial charge >= 0.3 is 7.12 Å². The zero-order chi connectivity index (χ0) is 19.3. The average molecular weight is 383 g/mol. The number of nitrogens with zero attached hydrogens (tertiary/aromatic N) is 1. The van der Waals surface area contributed by atoms with Crippen molar-refractivity contribution in [2.24, 2.45) is 0 Å². The largest absolute Gasteiger partial charge is 0.494 e. The van der Waals surface area contributed by atoms with Gasteiger partial charge in [0.2, 0.25) is 0 Å². The van der Waals surface area contributed by atoms with Gasteiger partial charge in [-0.2, -0.15) is 0 Å². The first-order valence-electron chi connectivity index (χ1n) is 8.57. The first kappa shape index (κ1) is 19.3. The minimum Gasteiger partial charge on any atom is -0.399 e. The molecule has 2 heterocycles. The molecule has 0 aromatic heterocycles. The Hall–Kier alpha value is -1.45. The SMILES string of the molecule is CC1(C)OB(c2ccc(C(=O)N3CCS(=O)(=O)CC3)c(F)c2)OC1(C)C. The van der Waals surface area contributed by atoms with E-state index in [0.717, 1.165) is 0 Å². The molecule has 2 saturated heterocycles. The van der Waals surface area contributed by atoms with Crippen LogP contribution in [0.15, 0.2) is 18.2 Å². The van der Waals surface area contributed by atoms with Crippen molar-refractivity contribution in [1.82, 2.24) is 4.90 Å². The quantitative estimate of drug-likeness (QED) is 0.713. The van der Waals surface area contributed by atoms with Gasteiger partial charge < -0.3 is 14.2 Å². The molecule has 26 heavy (non-hydrogen) atoms. The normalized spacial score (nSPS) is 23.9. The summed E-state index contributed by atoms with van der Waals surface area (Å²) in [5, 5.41) is 0. The first-order chi connectivity index (χ1) is 11.9. The number of amides is 1. The van der Waals surface area contributed by atoms with E-state index in [9.17, 15) is 17.6 Å². The second-order valence-electron chi connectivity index (χ2n) is 7.77. The zero-order valence-electron chi connectivity index (χ0n) is 15.4. The molecule has 1 amide bonds. The average Bonchev–Trinajstić information content (AvgIpc) is 2.75. The van der Waals surface area contributed by atoms with E-state index in [1.807, 2.05) is 27.7 Å². The highest BCUT2D eigenvalue weighted by Crippen LogP contribution is 2.36. The highest BCUT2D eigenvalue weighted by molar-refractivity contribution is 7.91. The third-order valence-electron chi connectivity index (χ3n) is 5.38. The Balaban J connectivity index is 1.77. The highest BCUT2D eigenvalue weighted by atomic mass is 32.2. The molecule has 2 aliphatic rings. The molecule has 142 valence electrons. The van der Waals surface area contributed by atoms with E-state index in [-0.39, 0.29) is 30.2 Å². The van der Waals surface area contributed by atoms with Crippen LogP contribution in [-0.4, -0.2) is 62.1 Å². The minimum atomic E-state index is -3.10. The van der Waals surface area contributed by atoms with Crippen LogP contribution in [-0.2, 0) is 19.1 Å². The summed E-state index contributed by atoms with van der Waals surface area (Å²) in [6, 6.07) is 4.26. The standard InChI is InChI=1S/C17H23BFNO5S/c1-16(2)17(3,4)25-18(24-16)12-5-6-13(14(19)11-12)15(21)20-7-9-26(22,23)10-8-20/h5-6,11H,7-10H2,1-4H3. The molecule has 0 atom stereocenters. The van der Waals surface area contributed by atoms with Gasteiger partial charge in [0.25, 0.3) is 5.91 Å². The van der Waals surface area contributed by atoms with Crippen LogP contribution in [0.25, 0.3) is 0 Å². The molecule has 6 nitrogen and oxygen atoms in total. The van der Waals surface area contributed by atoms with Crippen LogP contribution in [0.5, 0.6) is 0 Å². The van der Waals surface area contributed by atoms with Crippen LogP contribution < -0.4 is 5.46 Å². The van der Waals surface area contributed by atoms with Crippen molar-refractivity contribution in [1.29, 1.82) is 0 Å². The molecule has 1 aromatic carbocycles. The van der Waals surface area contributed by atoms with Gasteiger partial charge in [0, 0.05) is 13.1 Å². The van der Waals surface area contributed by atoms with E-state index in [1.165, 1.54) is 17.0 Å². The lowest BCUT2D eigenvalue weighted by Crippen LogP contribution is -2.44. The van der Waals surface area contributed by atoms with Crippen molar-refractivity contribution in [3.63, 3.8) is 0 Å². The summed E-state index contributed by atoms with van der Waals surface area (Å²) in [4.78, 5) is 13.9. The lowest BCUT2D eigenvalue weighted by molar-refractivity contribution is 0.00578. The van der Waals surface area contributed by atoms with E-state index in [4.69, 9.17) is 9.31 Å². The van der Waals surface area contributed by atoms with Gasteiger partial charge in [-0.05, 0) is 45.3 Å². The van der Waals surface area contributed by atoms with Crippen LogP contribution >= 0.6 is 0 Å². The van der Waals surface area contributed by atoms with E-state index in [0.29, 0.717) is 5.46 Å². The predicted octanol–water partition coefficient (Wildman–Crippen LogP) is 0.995. The van der Waals surface area contributed by atoms with Crippen molar-refractivity contribution in [3.8, 4) is 0 Å². The molecule has 0 bridgehead atoms. The Bertz CT molecular complexity index is 810. The molecule has 0 saturated carbocycles. The molecule has 3 rings (SSSR count). The molecule has 9 heteroatoms. The molecule has 2 fully saturated rings. The Labute approximate surface area is 153 Å². The molecule has 0 spiro atoms. The fraction of sp³-hybridized carbons (Fsp3) is 0.588. The van der Waals surface area contributed by atoms with Gasteiger partial charge in [0.15, 0.2) is 9.84 Å². The van der Waals surface area contributed by atoms with Crippen LogP contribution in [0, 0.1) is 5.82 Å². The number of carbonyl (C=O) groups excluding carboxylic acids is 1. The number of hydrogen-bond donors (Lipinski definition) is 0. The summed E-state index contributed by atoms with van der Waals surface area (Å²) in [5.41, 5.74) is -0.660. The number of hydrogen-bond acceptors (Lipinski definition) is 5. The van der Waals surface area contributed by atoms with Gasteiger partial charge in [0.1, 0.15) is 5.82 Å². The third kappa shape index (κ3) is 3.52. The molecule has 0 radical (unpaired) electrons. The molecule has 0 unspecified atom stereocenters. The van der Waals surface area contributed by atoms with Crippen LogP contribution in [0.1, 0.15) is 38.1 Å². The number of carbonyl (C=O) groups is 1. The number of rotatable bonds is 2. The number of benzene rings is 1. The maximum Gasteiger partial charge on any atom is 0.494 e. The first-order valence-corrected chi connectivity index (χ1v) is 10.4. The van der Waals surface area contributed by atoms with Crippen molar-refractivity contribution in [2.45, 2.75) is 38.9 Å². The van der Waals surface area contributed by atoms with Gasteiger partial charge in [-0.3, -0.25) is 4.79 Å². The highest BCUT2D eigenvalue weighted by Gasteiger charge is 2.51. The fourth-order valence-corrected chi connectivity index (χ4v) is 4.12. The Kier molecular flexibility index (Phi) is 4.69. The summed E-state index contributed by atoms with van der Waals surface area (Å²) in [6.45, 7) is 7.80. The maximum atomic E-state index is 14.6. The number of halogens is 1. The van der Waals surface area contributed by atoms with E-state index < -0.39 is 39.9 Å². The second-order valence-corrected chi connectivity index (χ2v) is 10.1. The van der Waals surface area contributed by atoms with Crippen molar-refractivity contribution >= 4 is 28.3 Å². The molecule has 1 aromatic rings. The number of sulfone groups is 1. The topological polar surface area (TPSA) is 72.9 Å². The summed E-state index contributed by atoms with van der Waals surface area (Å²) in [7, 11) is -3.81. The smallest absolute Gasteiger partial charge is 0.399 e. The van der Waals surface area contributed by atoms with Crippen molar-refractivity contribution in [2.75, 3.05) is 24.6 Å². The van der Waals surface area contributed by atoms with Crippen LogP contribution in [0.3, 0.4) is 0 Å². The minimum absolute atomic E-state index is 0.0791. The van der Waals surface area contributed by atoms with Gasteiger partial charge in [0.05, 0.1) is 28.3 Å². The zero-order valence-corrected chi connectivity index (χ0v) is 16.2. The summed E-state index contributed by atoms with van der Waals surface area (Å²) < 4.78 is 49.3. The Morgan fingerprint density at radius 3 is 2.15 bits per heavy atom. The lowest BCUT2D eigenvalue weighted by Gasteiger charge is -2.32. The van der Waals surface area contributed by atoms with Crippen LogP contribution in [0.4, 0.5) is 4.39 Å². The monoisotopic (exact) mass is 383 g/mol. The predicted molar refractivity (Wildman–Crippen MR) is 96.7 cm³/mol. The van der Waals surface area contributed by atoms with Gasteiger partial charge in [-0.1, -0.05) is 6.07 Å². The summed E-state index contributed by atoms with van der Waals surface area (Å²) in [5.74, 6) is -1.35. The maximum absolute atomic E-state index is 14.6. The third-order valence-corrected chi connectivity index (χ3v) is 6.99. The summed E-state index contributed by atoms with van der Waals surface area (Å²) in [6.07, 6.45) is 0. The fourth-order valence-electron chi connectivity index (χ4n) is 2.92. The second kappa shape index (κ2) is 6.32. The summed E-state index contributed by atoms with van der Waals surface area (Å²) >= 11 is 0. The van der Waals surface area contributed by atoms with E-state index in [1.54, 1.807) is 6.07 Å². The van der Waals surface area contributed by atoms with Crippen LogP contribution in [0.2, 0.25) is 0 Å². The Morgan fingerprint density at radius 1 is 1.12 bits per heavy atom. The van der Waals surface area contributed by atoms with E-state index in [2.05, 4.69) is 0 Å². The lowest BCUT2D eigenvalue weighted by atomic mass is 9.78. The molecular formula is C17H23BFNO5S. The van der Waals surface area contributed by atoms with Crippen molar-refractivity contribution in [3.05, 3.63) is 29.6 Å². The molecule has 0 aliphatic carbocycles. The van der Waals surface area contributed by atoms with Crippen molar-refractivity contribution < 1.29 is 26.9 Å². The van der Waals surface area contributed by atoms with Gasteiger partial charge in [-0.25, -0.2) is 12.8 Å².